The first-order valence-electron chi connectivity index (χ1n) is 4.79. The number of hydrogen-bond donors (Lipinski definition) is 1. The van der Waals surface area contributed by atoms with Gasteiger partial charge in [0.2, 0.25) is 0 Å². The van der Waals surface area contributed by atoms with Crippen molar-refractivity contribution in [2.45, 2.75) is 0 Å². The largest absolute Gasteiger partial charge is 0.347 e. The number of rotatable bonds is 3. The highest BCUT2D eigenvalue weighted by Gasteiger charge is 2.17. The number of benzene rings is 1. The molecule has 5 nitrogen and oxygen atoms in total. The van der Waals surface area contributed by atoms with Crippen LogP contribution in [0.5, 0.6) is 0 Å². The summed E-state index contributed by atoms with van der Waals surface area (Å²) in [5, 5.41) is 13.8. The van der Waals surface area contributed by atoms with Gasteiger partial charge in [-0.3, -0.25) is 10.1 Å². The third-order valence-corrected chi connectivity index (χ3v) is 2.41. The van der Waals surface area contributed by atoms with E-state index in [1.807, 2.05) is 18.2 Å². The van der Waals surface area contributed by atoms with Crippen LogP contribution in [-0.4, -0.2) is 9.91 Å². The molecule has 0 radical (unpaired) electrons. The van der Waals surface area contributed by atoms with Crippen LogP contribution in [0.15, 0.2) is 42.6 Å². The van der Waals surface area contributed by atoms with Gasteiger partial charge >= 0.3 is 0 Å². The van der Waals surface area contributed by atoms with Gasteiger partial charge in [0.1, 0.15) is 0 Å². The molecular weight excluding hydrogens is 242 g/mol. The molecule has 0 aliphatic heterocycles. The molecule has 1 aromatic heterocycles. The molecule has 86 valence electrons. The van der Waals surface area contributed by atoms with Crippen LogP contribution in [0.25, 0.3) is 0 Å². The van der Waals surface area contributed by atoms with Crippen molar-refractivity contribution in [2.75, 3.05) is 5.32 Å². The molecule has 2 rings (SSSR count). The summed E-state index contributed by atoms with van der Waals surface area (Å²) in [6.45, 7) is 0. The Bertz CT molecular complexity index is 546. The summed E-state index contributed by atoms with van der Waals surface area (Å²) in [7, 11) is 0. The standard InChI is InChI=1S/C11H8ClN3O2/c12-11-10(9(15(16)17)6-7-13-11)14-8-4-2-1-3-5-8/h1-7,14H. The Morgan fingerprint density at radius 3 is 2.59 bits per heavy atom. The summed E-state index contributed by atoms with van der Waals surface area (Å²) in [4.78, 5) is 14.2. The molecule has 1 aromatic carbocycles. The van der Waals surface area contributed by atoms with Gasteiger partial charge in [-0.05, 0) is 12.1 Å². The van der Waals surface area contributed by atoms with Gasteiger partial charge in [-0.15, -0.1) is 0 Å². The monoisotopic (exact) mass is 249 g/mol. The Kier molecular flexibility index (Phi) is 3.20. The quantitative estimate of drug-likeness (QED) is 0.514. The Balaban J connectivity index is 2.41. The lowest BCUT2D eigenvalue weighted by Crippen LogP contribution is -1.98. The van der Waals surface area contributed by atoms with E-state index in [1.165, 1.54) is 12.3 Å². The maximum atomic E-state index is 10.8. The third kappa shape index (κ3) is 2.51. The summed E-state index contributed by atoms with van der Waals surface area (Å²) >= 11 is 5.85. The van der Waals surface area contributed by atoms with Gasteiger partial charge in [0.15, 0.2) is 10.8 Å². The topological polar surface area (TPSA) is 68.1 Å². The van der Waals surface area contributed by atoms with E-state index in [1.54, 1.807) is 12.1 Å². The minimum absolute atomic E-state index is 0.0723. The molecule has 0 saturated heterocycles. The van der Waals surface area contributed by atoms with Gasteiger partial charge in [-0.2, -0.15) is 0 Å². The highest BCUT2D eigenvalue weighted by Crippen LogP contribution is 2.32. The van der Waals surface area contributed by atoms with Gasteiger partial charge in [0.25, 0.3) is 5.69 Å². The van der Waals surface area contributed by atoms with Crippen LogP contribution in [0.3, 0.4) is 0 Å². The smallest absolute Gasteiger partial charge is 0.297 e. The fraction of sp³-hybridized carbons (Fsp3) is 0. The molecule has 1 N–H and O–H groups in total. The molecular formula is C11H8ClN3O2. The van der Waals surface area contributed by atoms with Crippen LogP contribution in [0.2, 0.25) is 5.15 Å². The molecule has 0 unspecified atom stereocenters. The van der Waals surface area contributed by atoms with Crippen LogP contribution < -0.4 is 5.32 Å². The maximum absolute atomic E-state index is 10.8. The number of para-hydroxylation sites is 1. The number of halogens is 1. The molecule has 0 aliphatic carbocycles. The number of nitrogens with one attached hydrogen (secondary N) is 1. The molecule has 1 heterocycles. The van der Waals surface area contributed by atoms with Gasteiger partial charge in [0.05, 0.1) is 4.92 Å². The number of pyridine rings is 1. The van der Waals surface area contributed by atoms with Crippen molar-refractivity contribution in [3.05, 3.63) is 57.9 Å². The predicted molar refractivity (Wildman–Crippen MR) is 65.6 cm³/mol. The highest BCUT2D eigenvalue weighted by atomic mass is 35.5. The SMILES string of the molecule is O=[N+]([O-])c1ccnc(Cl)c1Nc1ccccc1. The molecule has 0 fully saturated rings. The number of hydrogen-bond acceptors (Lipinski definition) is 4. The average Bonchev–Trinajstić information content (AvgIpc) is 2.33. The van der Waals surface area contributed by atoms with Crippen molar-refractivity contribution in [2.24, 2.45) is 0 Å². The van der Waals surface area contributed by atoms with Crippen LogP contribution in [0, 0.1) is 10.1 Å². The van der Waals surface area contributed by atoms with Gasteiger partial charge in [0, 0.05) is 18.0 Å². The number of anilines is 2. The van der Waals surface area contributed by atoms with E-state index < -0.39 is 4.92 Å². The first-order valence-corrected chi connectivity index (χ1v) is 5.17. The van der Waals surface area contributed by atoms with E-state index >= 15 is 0 Å². The lowest BCUT2D eigenvalue weighted by molar-refractivity contribution is -0.384. The second-order valence-corrected chi connectivity index (χ2v) is 3.60. The second-order valence-electron chi connectivity index (χ2n) is 3.24. The van der Waals surface area contributed by atoms with Crippen molar-refractivity contribution in [1.82, 2.24) is 4.98 Å². The highest BCUT2D eigenvalue weighted by molar-refractivity contribution is 6.32. The van der Waals surface area contributed by atoms with Crippen LogP contribution >= 0.6 is 11.6 Å². The van der Waals surface area contributed by atoms with Crippen LogP contribution in [0.1, 0.15) is 0 Å². The molecule has 0 bridgehead atoms. The fourth-order valence-corrected chi connectivity index (χ4v) is 1.56. The summed E-state index contributed by atoms with van der Waals surface area (Å²) in [6, 6.07) is 10.4. The molecule has 2 aromatic rings. The molecule has 0 aliphatic rings. The van der Waals surface area contributed by atoms with Crippen molar-refractivity contribution >= 4 is 28.7 Å². The molecule has 0 saturated carbocycles. The summed E-state index contributed by atoms with van der Waals surface area (Å²) in [6.07, 6.45) is 1.30. The van der Waals surface area contributed by atoms with Gasteiger partial charge in [-0.1, -0.05) is 29.8 Å². The summed E-state index contributed by atoms with van der Waals surface area (Å²) in [5.41, 5.74) is 0.810. The van der Waals surface area contributed by atoms with Gasteiger partial charge in [-0.25, -0.2) is 4.98 Å². The van der Waals surface area contributed by atoms with Crippen molar-refractivity contribution in [3.8, 4) is 0 Å². The molecule has 0 spiro atoms. The Morgan fingerprint density at radius 1 is 1.24 bits per heavy atom. The van der Waals surface area contributed by atoms with E-state index in [2.05, 4.69) is 10.3 Å². The minimum Gasteiger partial charge on any atom is -0.347 e. The predicted octanol–water partition coefficient (Wildman–Crippen LogP) is 3.39. The first-order chi connectivity index (χ1) is 8.18. The Labute approximate surface area is 102 Å². The zero-order valence-electron chi connectivity index (χ0n) is 8.63. The third-order valence-electron chi connectivity index (χ3n) is 2.12. The summed E-state index contributed by atoms with van der Waals surface area (Å²) < 4.78 is 0. The Morgan fingerprint density at radius 2 is 1.94 bits per heavy atom. The zero-order valence-corrected chi connectivity index (χ0v) is 9.39. The lowest BCUT2D eigenvalue weighted by Gasteiger charge is -2.07. The minimum atomic E-state index is -0.501. The second kappa shape index (κ2) is 4.80. The molecule has 0 amide bonds. The van der Waals surface area contributed by atoms with E-state index in [-0.39, 0.29) is 16.5 Å². The van der Waals surface area contributed by atoms with E-state index in [0.29, 0.717) is 5.69 Å². The van der Waals surface area contributed by atoms with E-state index in [4.69, 9.17) is 11.6 Å². The van der Waals surface area contributed by atoms with Crippen molar-refractivity contribution in [1.29, 1.82) is 0 Å². The maximum Gasteiger partial charge on any atom is 0.297 e. The molecule has 17 heavy (non-hydrogen) atoms. The number of aromatic nitrogens is 1. The fourth-order valence-electron chi connectivity index (χ4n) is 1.36. The van der Waals surface area contributed by atoms with Crippen LogP contribution in [-0.2, 0) is 0 Å². The average molecular weight is 250 g/mol. The number of nitro groups is 1. The first kappa shape index (κ1) is 11.3. The van der Waals surface area contributed by atoms with Crippen molar-refractivity contribution < 1.29 is 4.92 Å². The summed E-state index contributed by atoms with van der Waals surface area (Å²) in [5.74, 6) is 0. The Hall–Kier alpha value is -2.14. The van der Waals surface area contributed by atoms with Crippen molar-refractivity contribution in [3.63, 3.8) is 0 Å². The molecule has 6 heteroatoms. The molecule has 0 atom stereocenters. The zero-order chi connectivity index (χ0) is 12.3. The van der Waals surface area contributed by atoms with E-state index in [9.17, 15) is 10.1 Å². The lowest BCUT2D eigenvalue weighted by atomic mass is 10.3. The van der Waals surface area contributed by atoms with Gasteiger partial charge < -0.3 is 5.32 Å². The van der Waals surface area contributed by atoms with Crippen LogP contribution in [0.4, 0.5) is 17.1 Å². The van der Waals surface area contributed by atoms with E-state index in [0.717, 1.165) is 0 Å². The number of nitrogens with zero attached hydrogens (tertiary/aromatic N) is 2. The normalized spacial score (nSPS) is 9.94.